The summed E-state index contributed by atoms with van der Waals surface area (Å²) in [4.78, 5) is 52.9. The molecule has 1 saturated heterocycles. The largest absolute Gasteiger partial charge is 0.478 e. The first kappa shape index (κ1) is 34.8. The number of nitrogens with zero attached hydrogens (tertiary/aromatic N) is 1. The Balaban J connectivity index is 1.14. The van der Waals surface area contributed by atoms with E-state index in [4.69, 9.17) is 9.47 Å². The van der Waals surface area contributed by atoms with E-state index in [9.17, 15) is 29.4 Å². The van der Waals surface area contributed by atoms with Crippen LogP contribution in [0.4, 0.5) is 0 Å². The SMILES string of the molecule is O=C(NCc1ccc(C2OC(CSc3ncccc3C(=O)O)C(c3ccccc3)C(c3ccc(CO)cc3)O2)cc1)c1ccc2c(c1)C(=O)OC2=O. The number of aliphatic hydroxyl groups is 1. The fourth-order valence-corrected chi connectivity index (χ4v) is 7.34. The van der Waals surface area contributed by atoms with Gasteiger partial charge in [-0.15, -0.1) is 11.8 Å². The highest BCUT2D eigenvalue weighted by Crippen LogP contribution is 2.48. The summed E-state index contributed by atoms with van der Waals surface area (Å²) in [6.45, 7) is 0.0990. The number of aromatic nitrogens is 1. The summed E-state index contributed by atoms with van der Waals surface area (Å²) in [5, 5.41) is 22.7. The summed E-state index contributed by atoms with van der Waals surface area (Å²) >= 11 is 1.31. The number of cyclic esters (lactones) is 2. The number of rotatable bonds is 11. The van der Waals surface area contributed by atoms with E-state index < -0.39 is 42.3 Å². The zero-order valence-corrected chi connectivity index (χ0v) is 28.3. The molecule has 4 unspecified atom stereocenters. The zero-order valence-electron chi connectivity index (χ0n) is 27.5. The molecule has 3 N–H and O–H groups in total. The molecule has 3 heterocycles. The maximum Gasteiger partial charge on any atom is 0.346 e. The lowest BCUT2D eigenvalue weighted by molar-refractivity contribution is -0.255. The molecule has 4 aromatic carbocycles. The van der Waals surface area contributed by atoms with Crippen molar-refractivity contribution in [3.63, 3.8) is 0 Å². The van der Waals surface area contributed by atoms with Gasteiger partial charge in [-0.05, 0) is 52.6 Å². The molecule has 262 valence electrons. The summed E-state index contributed by atoms with van der Waals surface area (Å²) in [7, 11) is 0. The fourth-order valence-electron chi connectivity index (χ4n) is 6.28. The summed E-state index contributed by atoms with van der Waals surface area (Å²) in [6, 6.07) is 32.3. The van der Waals surface area contributed by atoms with E-state index in [1.54, 1.807) is 12.3 Å². The molecule has 52 heavy (non-hydrogen) atoms. The van der Waals surface area contributed by atoms with Crippen molar-refractivity contribution >= 4 is 35.6 Å². The number of ether oxygens (including phenoxy) is 3. The molecule has 1 fully saturated rings. The lowest BCUT2D eigenvalue weighted by Gasteiger charge is -2.43. The maximum absolute atomic E-state index is 12.9. The minimum absolute atomic E-state index is 0.0608. The van der Waals surface area contributed by atoms with Gasteiger partial charge in [-0.3, -0.25) is 4.79 Å². The van der Waals surface area contributed by atoms with Crippen molar-refractivity contribution in [1.29, 1.82) is 0 Å². The Morgan fingerprint density at radius 3 is 2.21 bits per heavy atom. The highest BCUT2D eigenvalue weighted by Gasteiger charge is 2.42. The number of esters is 2. The molecule has 1 aromatic heterocycles. The minimum atomic E-state index is -1.06. The number of hydrogen-bond donors (Lipinski definition) is 3. The van der Waals surface area contributed by atoms with Gasteiger partial charge in [-0.25, -0.2) is 19.4 Å². The molecule has 5 aromatic rings. The van der Waals surface area contributed by atoms with E-state index in [2.05, 4.69) is 15.0 Å². The number of aliphatic hydroxyl groups excluding tert-OH is 1. The van der Waals surface area contributed by atoms with Crippen LogP contribution in [0.5, 0.6) is 0 Å². The molecule has 0 bridgehead atoms. The van der Waals surface area contributed by atoms with Gasteiger partial charge in [0.1, 0.15) is 5.03 Å². The van der Waals surface area contributed by atoms with Gasteiger partial charge in [0, 0.05) is 35.5 Å². The Morgan fingerprint density at radius 1 is 0.769 bits per heavy atom. The molecule has 2 aliphatic heterocycles. The predicted octanol–water partition coefficient (Wildman–Crippen LogP) is 6.24. The normalized spacial score (nSPS) is 19.5. The van der Waals surface area contributed by atoms with Crippen LogP contribution < -0.4 is 5.32 Å². The molecule has 4 atom stereocenters. The number of hydrogen-bond acceptors (Lipinski definition) is 10. The fraction of sp³-hybridized carbons (Fsp3) is 0.175. The van der Waals surface area contributed by atoms with Gasteiger partial charge in [0.25, 0.3) is 5.91 Å². The first-order valence-corrected chi connectivity index (χ1v) is 17.4. The van der Waals surface area contributed by atoms with Gasteiger partial charge in [-0.1, -0.05) is 78.9 Å². The van der Waals surface area contributed by atoms with Gasteiger partial charge in [0.05, 0.1) is 35.5 Å². The standard InChI is InChI=1S/C40H32N2O9S/c43-21-24-10-12-26(13-11-24)34-33(25-5-2-1-3-6-25)32(22-52-36-30(37(45)46)7-4-18-41-36)49-40(50-34)27-14-8-23(9-15-27)20-42-35(44)28-16-17-29-31(19-28)39(48)51-38(29)47/h1-19,32-34,40,43H,20-22H2,(H,42,44)(H,45,46). The second-order valence-corrected chi connectivity index (χ2v) is 13.2. The van der Waals surface area contributed by atoms with Gasteiger partial charge < -0.3 is 29.7 Å². The van der Waals surface area contributed by atoms with Crippen LogP contribution in [0.1, 0.15) is 87.6 Å². The molecule has 0 radical (unpaired) electrons. The highest BCUT2D eigenvalue weighted by molar-refractivity contribution is 7.99. The quantitative estimate of drug-likeness (QED) is 0.0806. The number of benzene rings is 4. The van der Waals surface area contributed by atoms with E-state index in [1.807, 2.05) is 78.9 Å². The third-order valence-corrected chi connectivity index (χ3v) is 10.1. The Kier molecular flexibility index (Phi) is 10.2. The average molecular weight is 717 g/mol. The van der Waals surface area contributed by atoms with E-state index in [0.717, 1.165) is 27.8 Å². The van der Waals surface area contributed by atoms with Crippen molar-refractivity contribution in [3.05, 3.63) is 165 Å². The van der Waals surface area contributed by atoms with Crippen LogP contribution >= 0.6 is 11.8 Å². The summed E-state index contributed by atoms with van der Waals surface area (Å²) in [6.07, 6.45) is -0.151. The van der Waals surface area contributed by atoms with Crippen molar-refractivity contribution in [2.45, 2.75) is 42.6 Å². The van der Waals surface area contributed by atoms with Crippen LogP contribution in [0.2, 0.25) is 0 Å². The lowest BCUT2D eigenvalue weighted by Crippen LogP contribution is -2.38. The number of pyridine rings is 1. The molecule has 12 heteroatoms. The Bertz CT molecular complexity index is 2120. The molecular weight excluding hydrogens is 685 g/mol. The number of carbonyl (C=O) groups excluding carboxylic acids is 3. The summed E-state index contributed by atoms with van der Waals surface area (Å²) in [5.74, 6) is -2.90. The van der Waals surface area contributed by atoms with Crippen LogP contribution in [0.25, 0.3) is 0 Å². The van der Waals surface area contributed by atoms with Crippen LogP contribution in [0, 0.1) is 0 Å². The van der Waals surface area contributed by atoms with E-state index in [0.29, 0.717) is 10.8 Å². The summed E-state index contributed by atoms with van der Waals surface area (Å²) in [5.41, 5.74) is 4.70. The number of carboxylic acids is 1. The van der Waals surface area contributed by atoms with Gasteiger partial charge in [-0.2, -0.15) is 0 Å². The van der Waals surface area contributed by atoms with E-state index in [-0.39, 0.29) is 41.3 Å². The molecule has 2 aliphatic rings. The third-order valence-electron chi connectivity index (χ3n) is 8.97. The van der Waals surface area contributed by atoms with Gasteiger partial charge >= 0.3 is 17.9 Å². The van der Waals surface area contributed by atoms with Crippen LogP contribution in [-0.4, -0.2) is 50.9 Å². The smallest absolute Gasteiger partial charge is 0.346 e. The first-order valence-electron chi connectivity index (χ1n) is 16.4. The maximum atomic E-state index is 12.9. The van der Waals surface area contributed by atoms with Gasteiger partial charge in [0.15, 0.2) is 6.29 Å². The molecule has 11 nitrogen and oxygen atoms in total. The Labute approximate surface area is 302 Å². The number of carbonyl (C=O) groups is 4. The lowest BCUT2D eigenvalue weighted by atomic mass is 9.84. The van der Waals surface area contributed by atoms with Crippen molar-refractivity contribution in [1.82, 2.24) is 10.3 Å². The predicted molar refractivity (Wildman–Crippen MR) is 189 cm³/mol. The van der Waals surface area contributed by atoms with E-state index >= 15 is 0 Å². The number of nitrogens with one attached hydrogen (secondary N) is 1. The number of amides is 1. The molecule has 0 spiro atoms. The number of carboxylic acid groups (broad SMARTS) is 1. The first-order chi connectivity index (χ1) is 25.3. The zero-order chi connectivity index (χ0) is 36.2. The molecular formula is C40H32N2O9S. The molecule has 7 rings (SSSR count). The van der Waals surface area contributed by atoms with Crippen LogP contribution in [-0.2, 0) is 27.4 Å². The number of fused-ring (bicyclic) bond motifs is 1. The third kappa shape index (κ3) is 7.37. The second kappa shape index (κ2) is 15.3. The van der Waals surface area contributed by atoms with Crippen molar-refractivity contribution in [2.24, 2.45) is 0 Å². The van der Waals surface area contributed by atoms with Crippen molar-refractivity contribution in [2.75, 3.05) is 5.75 Å². The molecule has 1 amide bonds. The van der Waals surface area contributed by atoms with Crippen molar-refractivity contribution in [3.8, 4) is 0 Å². The van der Waals surface area contributed by atoms with Crippen LogP contribution in [0.15, 0.2) is 120 Å². The highest BCUT2D eigenvalue weighted by atomic mass is 32.2. The molecule has 0 saturated carbocycles. The van der Waals surface area contributed by atoms with Crippen LogP contribution in [0.3, 0.4) is 0 Å². The average Bonchev–Trinajstić information content (AvgIpc) is 3.47. The second-order valence-electron chi connectivity index (χ2n) is 12.2. The Morgan fingerprint density at radius 2 is 1.48 bits per heavy atom. The van der Waals surface area contributed by atoms with E-state index in [1.165, 1.54) is 36.0 Å². The number of aromatic carboxylic acids is 1. The van der Waals surface area contributed by atoms with Gasteiger partial charge in [0.2, 0.25) is 0 Å². The Hall–Kier alpha value is -5.66. The summed E-state index contributed by atoms with van der Waals surface area (Å²) < 4.78 is 18.1. The molecule has 0 aliphatic carbocycles. The van der Waals surface area contributed by atoms with Crippen molar-refractivity contribution < 1.29 is 43.6 Å². The number of thioether (sulfide) groups is 1. The minimum Gasteiger partial charge on any atom is -0.478 e. The monoisotopic (exact) mass is 716 g/mol. The topological polar surface area (TPSA) is 161 Å².